The van der Waals surface area contributed by atoms with Crippen molar-refractivity contribution < 1.29 is 22.7 Å². The molecule has 1 aromatic carbocycles. The Bertz CT molecular complexity index is 1070. The molecule has 0 radical (unpaired) electrons. The first-order valence-corrected chi connectivity index (χ1v) is 12.5. The number of rotatable bonds is 5. The summed E-state index contributed by atoms with van der Waals surface area (Å²) >= 11 is 6.13. The first-order valence-electron chi connectivity index (χ1n) is 10.6. The minimum Gasteiger partial charge on any atom is -0.425 e. The summed E-state index contributed by atoms with van der Waals surface area (Å²) in [5.74, 6) is -0.263. The summed E-state index contributed by atoms with van der Waals surface area (Å²) in [7, 11) is -2.03. The van der Waals surface area contributed by atoms with E-state index in [9.17, 15) is 23.3 Å². The first kappa shape index (κ1) is 22.8. The second-order valence-corrected chi connectivity index (χ2v) is 11.2. The number of hydrogen-bond donors (Lipinski definition) is 1. The van der Waals surface area contributed by atoms with Crippen molar-refractivity contribution in [2.75, 3.05) is 20.1 Å². The minimum absolute atomic E-state index is 0.0106. The summed E-state index contributed by atoms with van der Waals surface area (Å²) in [4.78, 5) is 29.0. The highest BCUT2D eigenvalue weighted by Gasteiger charge is 2.49. The van der Waals surface area contributed by atoms with Gasteiger partial charge in [-0.05, 0) is 51.4 Å². The number of sulfone groups is 1. The van der Waals surface area contributed by atoms with Crippen LogP contribution in [0, 0.1) is 11.3 Å². The molecule has 1 unspecified atom stereocenters. The van der Waals surface area contributed by atoms with E-state index in [0.717, 1.165) is 13.0 Å². The molecular weight excluding hydrogens is 456 g/mol. The molecule has 3 fully saturated rings. The second-order valence-electron chi connectivity index (χ2n) is 8.64. The van der Waals surface area contributed by atoms with E-state index in [1.165, 1.54) is 17.0 Å². The average molecular weight is 481 g/mol. The lowest BCUT2D eigenvalue weighted by Gasteiger charge is -2.29. The number of halogens is 1. The van der Waals surface area contributed by atoms with Gasteiger partial charge in [-0.25, -0.2) is 13.2 Å². The number of hydrogen-bond acceptors (Lipinski definition) is 7. The molecule has 1 aromatic rings. The number of likely N-dealkylation sites (N-methyl/N-ethyl adjacent to an activating group) is 1. The van der Waals surface area contributed by atoms with Gasteiger partial charge in [-0.1, -0.05) is 23.7 Å². The molecule has 0 spiro atoms. The van der Waals surface area contributed by atoms with Gasteiger partial charge in [0.15, 0.2) is 16.1 Å². The van der Waals surface area contributed by atoms with Gasteiger partial charge in [0, 0.05) is 13.0 Å². The van der Waals surface area contributed by atoms with Crippen LogP contribution in [0.25, 0.3) is 0 Å². The van der Waals surface area contributed by atoms with E-state index in [1.807, 2.05) is 18.0 Å². The molecule has 4 rings (SSSR count). The predicted molar refractivity (Wildman–Crippen MR) is 115 cm³/mol. The maximum atomic E-state index is 13.3. The molecule has 1 aliphatic carbocycles. The van der Waals surface area contributed by atoms with Crippen LogP contribution in [-0.2, 0) is 19.4 Å². The van der Waals surface area contributed by atoms with Gasteiger partial charge in [-0.2, -0.15) is 5.26 Å². The Kier molecular flexibility index (Phi) is 6.09. The Balaban J connectivity index is 1.57. The average Bonchev–Trinajstić information content (AvgIpc) is 3.17. The maximum Gasteiger partial charge on any atom is 0.410 e. The van der Waals surface area contributed by atoms with Crippen molar-refractivity contribution in [2.45, 2.75) is 60.1 Å². The fourth-order valence-corrected chi connectivity index (χ4v) is 6.54. The molecule has 2 amide bonds. The number of amides is 2. The molecular formula is C21H25ClN4O5S. The zero-order valence-electron chi connectivity index (χ0n) is 17.7. The number of alkyl carbamates (subject to hydrolysis) is 1. The number of benzene rings is 1. The van der Waals surface area contributed by atoms with Crippen LogP contribution in [-0.4, -0.2) is 73.4 Å². The number of nitrogens with zero attached hydrogens (tertiary/aromatic N) is 3. The molecule has 2 heterocycles. The highest BCUT2D eigenvalue weighted by Crippen LogP contribution is 2.36. The Hall–Kier alpha value is -2.35. The number of nitrogens with one attached hydrogen (secondary N) is 1. The van der Waals surface area contributed by atoms with Crippen molar-refractivity contribution >= 4 is 33.4 Å². The lowest BCUT2D eigenvalue weighted by atomic mass is 10.2. The topological polar surface area (TPSA) is 120 Å². The van der Waals surface area contributed by atoms with Gasteiger partial charge < -0.3 is 15.0 Å². The van der Waals surface area contributed by atoms with Gasteiger partial charge >= 0.3 is 6.09 Å². The standard InChI is InChI=1S/C21H25ClN4O5S/c1-25-10-4-6-16(25)19(27)26-12-14(32(29,30)17-7-3-2-5-15(17)22)11-18(26)31-20(28)24-21(13-23)8-9-21/h2-3,5,7,14,16,18H,4,6,8-12H2,1H3,(H,24,28)/t14-,16+,18?/m1/s1. The smallest absolute Gasteiger partial charge is 0.410 e. The van der Waals surface area contributed by atoms with Crippen LogP contribution in [0.2, 0.25) is 5.02 Å². The van der Waals surface area contributed by atoms with Gasteiger partial charge in [0.25, 0.3) is 0 Å². The third kappa shape index (κ3) is 4.29. The molecule has 3 atom stereocenters. The van der Waals surface area contributed by atoms with E-state index in [1.54, 1.807) is 12.1 Å². The minimum atomic E-state index is -3.87. The van der Waals surface area contributed by atoms with Gasteiger partial charge in [-0.3, -0.25) is 9.69 Å². The number of ether oxygens (including phenoxy) is 1. The molecule has 3 aliphatic rings. The van der Waals surface area contributed by atoms with Crippen molar-refractivity contribution in [1.82, 2.24) is 15.1 Å². The van der Waals surface area contributed by atoms with Crippen LogP contribution < -0.4 is 5.32 Å². The highest BCUT2D eigenvalue weighted by molar-refractivity contribution is 7.92. The monoisotopic (exact) mass is 480 g/mol. The van der Waals surface area contributed by atoms with Crippen LogP contribution >= 0.6 is 11.6 Å². The Labute approximate surface area is 192 Å². The zero-order chi connectivity index (χ0) is 23.1. The van der Waals surface area contributed by atoms with Crippen molar-refractivity contribution in [3.63, 3.8) is 0 Å². The third-order valence-corrected chi connectivity index (χ3v) is 9.06. The van der Waals surface area contributed by atoms with E-state index in [2.05, 4.69) is 5.32 Å². The zero-order valence-corrected chi connectivity index (χ0v) is 19.2. The van der Waals surface area contributed by atoms with Gasteiger partial charge in [0.05, 0.1) is 27.3 Å². The molecule has 1 saturated carbocycles. The summed E-state index contributed by atoms with van der Waals surface area (Å²) in [6, 6.07) is 7.81. The van der Waals surface area contributed by atoms with Gasteiger partial charge in [0.2, 0.25) is 5.91 Å². The first-order chi connectivity index (χ1) is 15.2. The Morgan fingerprint density at radius 3 is 2.62 bits per heavy atom. The van der Waals surface area contributed by atoms with Gasteiger partial charge in [-0.15, -0.1) is 0 Å². The molecule has 32 heavy (non-hydrogen) atoms. The van der Waals surface area contributed by atoms with Crippen molar-refractivity contribution in [1.29, 1.82) is 5.26 Å². The molecule has 172 valence electrons. The molecule has 1 N–H and O–H groups in total. The summed E-state index contributed by atoms with van der Waals surface area (Å²) in [5, 5.41) is 10.9. The highest BCUT2D eigenvalue weighted by atomic mass is 35.5. The van der Waals surface area contributed by atoms with Crippen LogP contribution in [0.3, 0.4) is 0 Å². The quantitative estimate of drug-likeness (QED) is 0.683. The van der Waals surface area contributed by atoms with Crippen LogP contribution in [0.5, 0.6) is 0 Å². The summed E-state index contributed by atoms with van der Waals surface area (Å²) in [6.45, 7) is 0.667. The molecule has 9 nitrogen and oxygen atoms in total. The molecule has 2 aliphatic heterocycles. The fourth-order valence-electron chi connectivity index (χ4n) is 4.34. The Morgan fingerprint density at radius 2 is 2.03 bits per heavy atom. The molecule has 11 heteroatoms. The van der Waals surface area contributed by atoms with Crippen LogP contribution in [0.15, 0.2) is 29.2 Å². The van der Waals surface area contributed by atoms with E-state index in [4.69, 9.17) is 16.3 Å². The van der Waals surface area contributed by atoms with E-state index in [0.29, 0.717) is 19.3 Å². The van der Waals surface area contributed by atoms with Crippen LogP contribution in [0.1, 0.15) is 32.1 Å². The third-order valence-electron chi connectivity index (χ3n) is 6.43. The van der Waals surface area contributed by atoms with Crippen molar-refractivity contribution in [3.05, 3.63) is 29.3 Å². The Morgan fingerprint density at radius 1 is 1.31 bits per heavy atom. The lowest BCUT2D eigenvalue weighted by Crippen LogP contribution is -2.49. The maximum absolute atomic E-state index is 13.3. The van der Waals surface area contributed by atoms with E-state index < -0.39 is 32.9 Å². The van der Waals surface area contributed by atoms with Crippen LogP contribution in [0.4, 0.5) is 4.79 Å². The lowest BCUT2D eigenvalue weighted by molar-refractivity contribution is -0.142. The number of nitriles is 1. The number of carbonyl (C=O) groups excluding carboxylic acids is 2. The number of likely N-dealkylation sites (tertiary alicyclic amines) is 2. The summed E-state index contributed by atoms with van der Waals surface area (Å²) in [6.07, 6.45) is 0.631. The second kappa shape index (κ2) is 8.54. The SMILES string of the molecule is CN1CCC[C@H]1C(=O)N1C[C@H](S(=O)(=O)c2ccccc2Cl)CC1OC(=O)NC1(C#N)CC1. The molecule has 0 aromatic heterocycles. The van der Waals surface area contributed by atoms with E-state index in [-0.39, 0.29) is 34.8 Å². The predicted octanol–water partition coefficient (Wildman–Crippen LogP) is 1.92. The normalized spacial score (nSPS) is 27.0. The van der Waals surface area contributed by atoms with E-state index >= 15 is 0 Å². The summed E-state index contributed by atoms with van der Waals surface area (Å²) in [5.41, 5.74) is -0.931. The molecule has 2 saturated heterocycles. The fraction of sp³-hybridized carbons (Fsp3) is 0.571. The van der Waals surface area contributed by atoms with Gasteiger partial charge in [0.1, 0.15) is 5.54 Å². The molecule has 0 bridgehead atoms. The summed E-state index contributed by atoms with van der Waals surface area (Å²) < 4.78 is 32.1. The van der Waals surface area contributed by atoms with Crippen molar-refractivity contribution in [3.8, 4) is 6.07 Å². The number of carbonyl (C=O) groups is 2. The van der Waals surface area contributed by atoms with Crippen molar-refractivity contribution in [2.24, 2.45) is 0 Å². The largest absolute Gasteiger partial charge is 0.425 e.